The zero-order valence-electron chi connectivity index (χ0n) is 24.9. The van der Waals surface area contributed by atoms with Gasteiger partial charge in [-0.25, -0.2) is 4.85 Å². The van der Waals surface area contributed by atoms with Gasteiger partial charge in [0.1, 0.15) is 0 Å². The van der Waals surface area contributed by atoms with E-state index in [1.165, 1.54) is 38.9 Å². The lowest BCUT2D eigenvalue weighted by Gasteiger charge is -2.50. The highest BCUT2D eigenvalue weighted by atomic mass is 16.5. The molecule has 0 spiro atoms. The quantitative estimate of drug-likeness (QED) is 0.144. The molecule has 5 heteroatoms. The first-order valence-corrected chi connectivity index (χ1v) is 15.4. The number of nitrogens with zero attached hydrogens (tertiary/aromatic N) is 3. The Hall–Kier alpha value is -5.73. The summed E-state index contributed by atoms with van der Waals surface area (Å²) in [7, 11) is 0. The normalized spacial score (nSPS) is 15.1. The third kappa shape index (κ3) is 3.01. The lowest BCUT2D eigenvalue weighted by atomic mass is 9.33. The highest BCUT2D eigenvalue weighted by Crippen LogP contribution is 2.57. The first-order valence-electron chi connectivity index (χ1n) is 15.4. The molecule has 0 radical (unpaired) electrons. The SMILES string of the molecule is [C-]#[N+]c1ccccc1-c1cc2c3c(c1)N1c4ccccc4C(C)(C)c4cccc(c41)B3c1cccc3c1N2c1ccccc1O3. The highest BCUT2D eigenvalue weighted by Gasteiger charge is 2.49. The molecule has 0 aliphatic carbocycles. The molecule has 4 nitrogen and oxygen atoms in total. The number of rotatable bonds is 1. The lowest BCUT2D eigenvalue weighted by Crippen LogP contribution is -2.62. The predicted octanol–water partition coefficient (Wildman–Crippen LogP) is 8.73. The first kappa shape index (κ1) is 24.7. The van der Waals surface area contributed by atoms with Crippen LogP contribution in [-0.4, -0.2) is 6.71 Å². The van der Waals surface area contributed by atoms with Gasteiger partial charge in [-0.3, -0.25) is 0 Å². The molecule has 0 atom stereocenters. The summed E-state index contributed by atoms with van der Waals surface area (Å²) >= 11 is 0. The zero-order valence-corrected chi connectivity index (χ0v) is 24.9. The van der Waals surface area contributed by atoms with Crippen molar-refractivity contribution < 1.29 is 4.74 Å². The average Bonchev–Trinajstić information content (AvgIpc) is 3.08. The molecule has 0 saturated carbocycles. The summed E-state index contributed by atoms with van der Waals surface area (Å²) in [6.07, 6.45) is 0. The van der Waals surface area contributed by atoms with E-state index in [0.717, 1.165) is 45.4 Å². The van der Waals surface area contributed by atoms with E-state index < -0.39 is 0 Å². The summed E-state index contributed by atoms with van der Waals surface area (Å²) < 4.78 is 6.58. The number of anilines is 6. The van der Waals surface area contributed by atoms with Crippen LogP contribution in [0.3, 0.4) is 0 Å². The summed E-state index contributed by atoms with van der Waals surface area (Å²) in [4.78, 5) is 8.84. The molecule has 0 bridgehead atoms. The fourth-order valence-electron chi connectivity index (χ4n) is 8.31. The Morgan fingerprint density at radius 2 is 1.24 bits per heavy atom. The second kappa shape index (κ2) is 8.46. The van der Waals surface area contributed by atoms with Gasteiger partial charge in [0.25, 0.3) is 6.71 Å². The van der Waals surface area contributed by atoms with Crippen LogP contribution in [0.5, 0.6) is 11.5 Å². The largest absolute Gasteiger partial charge is 0.453 e. The molecule has 0 aromatic heterocycles. The third-order valence-corrected chi connectivity index (χ3v) is 10.2. The van der Waals surface area contributed by atoms with E-state index >= 15 is 0 Å². The van der Waals surface area contributed by atoms with E-state index in [4.69, 9.17) is 11.3 Å². The molecule has 0 unspecified atom stereocenters. The minimum absolute atomic E-state index is 0.0208. The smallest absolute Gasteiger partial charge is 0.252 e. The van der Waals surface area contributed by atoms with Crippen LogP contribution in [0.4, 0.5) is 39.8 Å². The van der Waals surface area contributed by atoms with E-state index in [0.29, 0.717) is 5.69 Å². The number of benzene rings is 6. The first-order chi connectivity index (χ1) is 22.1. The summed E-state index contributed by atoms with van der Waals surface area (Å²) in [5.41, 5.74) is 15.8. The van der Waals surface area contributed by atoms with Gasteiger partial charge < -0.3 is 14.5 Å². The summed E-state index contributed by atoms with van der Waals surface area (Å²) in [6, 6.07) is 43.1. The van der Waals surface area contributed by atoms with Gasteiger partial charge in [0.2, 0.25) is 0 Å². The van der Waals surface area contributed by atoms with Crippen molar-refractivity contribution >= 4 is 62.9 Å². The van der Waals surface area contributed by atoms with Crippen LogP contribution < -0.4 is 30.9 Å². The van der Waals surface area contributed by atoms with Gasteiger partial charge in [-0.15, -0.1) is 0 Å². The van der Waals surface area contributed by atoms with Crippen molar-refractivity contribution in [3.8, 4) is 22.6 Å². The standard InChI is InChI=1S/C40H26BN3O/c1-40(2)26-13-5-7-18-31(26)43-33-22-24(25-12-4-6-17-30(25)42-3)23-34-37(33)41(28-15-10-14-27(40)38(28)43)29-16-11-21-36-39(29)44(34)32-19-8-9-20-35(32)45-36/h4-23H,1-2H3. The molecule has 6 aromatic rings. The second-order valence-corrected chi connectivity index (χ2v) is 12.8. The zero-order chi connectivity index (χ0) is 30.0. The van der Waals surface area contributed by atoms with Gasteiger partial charge in [0.05, 0.1) is 23.6 Å². The maximum absolute atomic E-state index is 8.01. The van der Waals surface area contributed by atoms with Crippen molar-refractivity contribution in [2.24, 2.45) is 0 Å². The Morgan fingerprint density at radius 3 is 2.07 bits per heavy atom. The van der Waals surface area contributed by atoms with E-state index in [1.807, 2.05) is 30.3 Å². The molecule has 10 rings (SSSR count). The summed E-state index contributed by atoms with van der Waals surface area (Å²) in [5, 5.41) is 0. The van der Waals surface area contributed by atoms with E-state index in [2.05, 4.69) is 119 Å². The minimum Gasteiger partial charge on any atom is -0.453 e. The van der Waals surface area contributed by atoms with E-state index in [1.54, 1.807) is 0 Å². The molecule has 0 saturated heterocycles. The number of para-hydroxylation sites is 6. The fourth-order valence-corrected chi connectivity index (χ4v) is 8.31. The molecule has 4 heterocycles. The molecule has 6 aromatic carbocycles. The van der Waals surface area contributed by atoms with Crippen LogP contribution in [0.15, 0.2) is 121 Å². The van der Waals surface area contributed by atoms with Crippen molar-refractivity contribution in [2.75, 3.05) is 9.80 Å². The van der Waals surface area contributed by atoms with Gasteiger partial charge in [-0.2, -0.15) is 0 Å². The Bertz CT molecular complexity index is 2330. The fraction of sp³-hybridized carbons (Fsp3) is 0.0750. The van der Waals surface area contributed by atoms with Crippen molar-refractivity contribution in [3.63, 3.8) is 0 Å². The van der Waals surface area contributed by atoms with Crippen LogP contribution in [0, 0.1) is 6.57 Å². The van der Waals surface area contributed by atoms with E-state index in [9.17, 15) is 0 Å². The van der Waals surface area contributed by atoms with Gasteiger partial charge >= 0.3 is 0 Å². The number of ether oxygens (including phenoxy) is 1. The second-order valence-electron chi connectivity index (χ2n) is 12.8. The molecule has 45 heavy (non-hydrogen) atoms. The Balaban J connectivity index is 1.39. The maximum Gasteiger partial charge on any atom is 0.252 e. The van der Waals surface area contributed by atoms with Gasteiger partial charge in [0, 0.05) is 22.5 Å². The van der Waals surface area contributed by atoms with Crippen molar-refractivity contribution in [2.45, 2.75) is 19.3 Å². The summed E-state index contributed by atoms with van der Waals surface area (Å²) in [6.45, 7) is 12.7. The van der Waals surface area contributed by atoms with Crippen LogP contribution in [0.25, 0.3) is 16.0 Å². The van der Waals surface area contributed by atoms with Crippen molar-refractivity contribution in [3.05, 3.63) is 144 Å². The predicted molar refractivity (Wildman–Crippen MR) is 184 cm³/mol. The van der Waals surface area contributed by atoms with Crippen LogP contribution in [-0.2, 0) is 5.41 Å². The Labute approximate surface area is 262 Å². The Morgan fingerprint density at radius 1 is 0.622 bits per heavy atom. The lowest BCUT2D eigenvalue weighted by molar-refractivity contribution is 0.477. The van der Waals surface area contributed by atoms with Crippen LogP contribution >= 0.6 is 0 Å². The highest BCUT2D eigenvalue weighted by molar-refractivity contribution is 7.00. The molecule has 0 amide bonds. The molecular formula is C40H26BN3O. The summed E-state index contributed by atoms with van der Waals surface area (Å²) in [5.74, 6) is 1.70. The maximum atomic E-state index is 8.01. The molecule has 4 aliphatic heterocycles. The van der Waals surface area contributed by atoms with Crippen LogP contribution in [0.1, 0.15) is 25.0 Å². The Kier molecular flexibility index (Phi) is 4.64. The molecule has 0 N–H and O–H groups in total. The van der Waals surface area contributed by atoms with Crippen molar-refractivity contribution in [1.29, 1.82) is 0 Å². The number of hydrogen-bond donors (Lipinski definition) is 0. The topological polar surface area (TPSA) is 20.1 Å². The number of hydrogen-bond acceptors (Lipinski definition) is 3. The number of fused-ring (bicyclic) bond motifs is 8. The van der Waals surface area contributed by atoms with Crippen LogP contribution in [0.2, 0.25) is 0 Å². The third-order valence-electron chi connectivity index (χ3n) is 10.2. The van der Waals surface area contributed by atoms with Crippen molar-refractivity contribution in [1.82, 2.24) is 0 Å². The van der Waals surface area contributed by atoms with Gasteiger partial charge in [-0.05, 0) is 75.0 Å². The molecule has 4 aliphatic rings. The average molecular weight is 575 g/mol. The minimum atomic E-state index is -0.175. The van der Waals surface area contributed by atoms with Gasteiger partial charge in [0.15, 0.2) is 17.2 Å². The monoisotopic (exact) mass is 575 g/mol. The van der Waals surface area contributed by atoms with Gasteiger partial charge in [-0.1, -0.05) is 98.8 Å². The molecule has 0 fully saturated rings. The van der Waals surface area contributed by atoms with E-state index in [-0.39, 0.29) is 12.1 Å². The molecule has 210 valence electrons. The molecular weight excluding hydrogens is 549 g/mol.